The van der Waals surface area contributed by atoms with Crippen molar-refractivity contribution in [2.24, 2.45) is 10.7 Å². The Hall–Kier alpha value is -1.56. The maximum atomic E-state index is 12.4. The standard InChI is InChI=1S/C15H17F3N4OS.HI/c1-9(13-20-8-10(2)24-13)7-21-14(19)22-11-5-3-4-6-12(11)23-15(16,17)18;/h3-6,8-9H,7H2,1-2H3,(H3,19,21,22);1H. The van der Waals surface area contributed by atoms with Gasteiger partial charge in [0.25, 0.3) is 0 Å². The fourth-order valence-corrected chi connectivity index (χ4v) is 2.69. The van der Waals surface area contributed by atoms with Gasteiger partial charge in [-0.25, -0.2) is 4.98 Å². The highest BCUT2D eigenvalue weighted by atomic mass is 127. The summed E-state index contributed by atoms with van der Waals surface area (Å²) >= 11 is 1.57. The number of aromatic nitrogens is 1. The first-order valence-corrected chi connectivity index (χ1v) is 7.90. The highest BCUT2D eigenvalue weighted by Gasteiger charge is 2.32. The zero-order valence-corrected chi connectivity index (χ0v) is 16.6. The number of anilines is 1. The number of nitrogens with two attached hydrogens (primary N) is 1. The van der Waals surface area contributed by atoms with Gasteiger partial charge in [0.15, 0.2) is 11.7 Å². The quantitative estimate of drug-likeness (QED) is 0.371. The van der Waals surface area contributed by atoms with Crippen LogP contribution in [0, 0.1) is 6.92 Å². The average Bonchev–Trinajstić information content (AvgIpc) is 2.92. The zero-order chi connectivity index (χ0) is 17.7. The van der Waals surface area contributed by atoms with Crippen LogP contribution in [0.2, 0.25) is 0 Å². The third-order valence-corrected chi connectivity index (χ3v) is 4.12. The smallest absolute Gasteiger partial charge is 0.404 e. The second-order valence-corrected chi connectivity index (χ2v) is 6.37. The number of rotatable bonds is 5. The summed E-state index contributed by atoms with van der Waals surface area (Å²) in [7, 11) is 0. The summed E-state index contributed by atoms with van der Waals surface area (Å²) < 4.78 is 41.1. The van der Waals surface area contributed by atoms with E-state index in [-0.39, 0.29) is 47.3 Å². The van der Waals surface area contributed by atoms with E-state index >= 15 is 0 Å². The second kappa shape index (κ2) is 9.22. The van der Waals surface area contributed by atoms with E-state index in [1.807, 2.05) is 13.8 Å². The Labute approximate surface area is 164 Å². The predicted octanol–water partition coefficient (Wildman–Crippen LogP) is 4.50. The van der Waals surface area contributed by atoms with Gasteiger partial charge in [-0.3, -0.25) is 4.99 Å². The topological polar surface area (TPSA) is 72.5 Å². The van der Waals surface area contributed by atoms with Crippen LogP contribution in [0.15, 0.2) is 35.5 Å². The number of guanidine groups is 1. The van der Waals surface area contributed by atoms with Crippen molar-refractivity contribution in [2.75, 3.05) is 11.9 Å². The zero-order valence-electron chi connectivity index (χ0n) is 13.5. The summed E-state index contributed by atoms with van der Waals surface area (Å²) in [5.41, 5.74) is 5.85. The molecular weight excluding hydrogens is 468 g/mol. The minimum atomic E-state index is -4.78. The molecule has 3 N–H and O–H groups in total. The van der Waals surface area contributed by atoms with Crippen LogP contribution in [0.5, 0.6) is 5.75 Å². The Morgan fingerprint density at radius 1 is 1.40 bits per heavy atom. The van der Waals surface area contributed by atoms with Crippen molar-refractivity contribution in [2.45, 2.75) is 26.1 Å². The molecule has 0 saturated carbocycles. The Morgan fingerprint density at radius 2 is 2.08 bits per heavy atom. The first kappa shape index (κ1) is 21.5. The lowest BCUT2D eigenvalue weighted by atomic mass is 10.2. The number of aryl methyl sites for hydroxylation is 1. The van der Waals surface area contributed by atoms with Gasteiger partial charge in [-0.2, -0.15) is 0 Å². The molecule has 10 heteroatoms. The van der Waals surface area contributed by atoms with Gasteiger partial charge in [-0.1, -0.05) is 19.1 Å². The van der Waals surface area contributed by atoms with Crippen molar-refractivity contribution < 1.29 is 17.9 Å². The van der Waals surface area contributed by atoms with Gasteiger partial charge in [0, 0.05) is 17.0 Å². The van der Waals surface area contributed by atoms with E-state index in [4.69, 9.17) is 5.73 Å². The average molecular weight is 486 g/mol. The minimum absolute atomic E-state index is 0. The number of ether oxygens (including phenoxy) is 1. The first-order chi connectivity index (χ1) is 11.2. The summed E-state index contributed by atoms with van der Waals surface area (Å²) in [4.78, 5) is 9.53. The van der Waals surface area contributed by atoms with E-state index in [1.165, 1.54) is 18.2 Å². The molecule has 0 aliphatic rings. The molecule has 138 valence electrons. The van der Waals surface area contributed by atoms with Gasteiger partial charge in [0.1, 0.15) is 0 Å². The van der Waals surface area contributed by atoms with E-state index in [9.17, 15) is 13.2 Å². The summed E-state index contributed by atoms with van der Waals surface area (Å²) in [6.07, 6.45) is -2.99. The molecule has 0 aliphatic heterocycles. The number of nitrogens with zero attached hydrogens (tertiary/aromatic N) is 2. The van der Waals surface area contributed by atoms with Crippen molar-refractivity contribution in [3.05, 3.63) is 40.3 Å². The van der Waals surface area contributed by atoms with E-state index in [1.54, 1.807) is 23.6 Å². The fourth-order valence-electron chi connectivity index (χ4n) is 1.87. The van der Waals surface area contributed by atoms with Crippen LogP contribution >= 0.6 is 35.3 Å². The molecular formula is C15H18F3IN4OS. The number of halogens is 4. The Kier molecular flexibility index (Phi) is 7.93. The molecule has 0 amide bonds. The van der Waals surface area contributed by atoms with E-state index in [2.05, 4.69) is 20.0 Å². The number of para-hydroxylation sites is 2. The lowest BCUT2D eigenvalue weighted by Gasteiger charge is -2.14. The highest BCUT2D eigenvalue weighted by molar-refractivity contribution is 14.0. The number of hydrogen-bond donors (Lipinski definition) is 2. The highest BCUT2D eigenvalue weighted by Crippen LogP contribution is 2.29. The molecule has 0 saturated heterocycles. The molecule has 1 heterocycles. The van der Waals surface area contributed by atoms with Crippen LogP contribution in [0.1, 0.15) is 22.7 Å². The molecule has 0 fully saturated rings. The minimum Gasteiger partial charge on any atom is -0.404 e. The molecule has 0 aliphatic carbocycles. The lowest BCUT2D eigenvalue weighted by molar-refractivity contribution is -0.274. The normalized spacial score (nSPS) is 13.1. The SMILES string of the molecule is Cc1cnc(C(C)CN=C(N)Nc2ccccc2OC(F)(F)F)s1.I. The van der Waals surface area contributed by atoms with Crippen LogP contribution in [-0.4, -0.2) is 23.9 Å². The van der Waals surface area contributed by atoms with E-state index < -0.39 is 6.36 Å². The second-order valence-electron chi connectivity index (χ2n) is 5.11. The molecule has 1 atom stereocenters. The Bertz CT molecular complexity index is 721. The van der Waals surface area contributed by atoms with Crippen LogP contribution in [-0.2, 0) is 0 Å². The van der Waals surface area contributed by atoms with Crippen molar-refractivity contribution in [3.63, 3.8) is 0 Å². The molecule has 2 rings (SSSR count). The molecule has 2 aromatic rings. The van der Waals surface area contributed by atoms with E-state index in [0.29, 0.717) is 6.54 Å². The van der Waals surface area contributed by atoms with Gasteiger partial charge in [0.2, 0.25) is 0 Å². The molecule has 25 heavy (non-hydrogen) atoms. The largest absolute Gasteiger partial charge is 0.573 e. The summed E-state index contributed by atoms with van der Waals surface area (Å²) in [5.74, 6) is -0.300. The van der Waals surface area contributed by atoms with Gasteiger partial charge in [-0.15, -0.1) is 48.5 Å². The van der Waals surface area contributed by atoms with Gasteiger partial charge >= 0.3 is 6.36 Å². The van der Waals surface area contributed by atoms with Crippen LogP contribution in [0.4, 0.5) is 18.9 Å². The molecule has 5 nitrogen and oxygen atoms in total. The summed E-state index contributed by atoms with van der Waals surface area (Å²) in [6, 6.07) is 5.63. The van der Waals surface area contributed by atoms with Crippen LogP contribution < -0.4 is 15.8 Å². The molecule has 1 unspecified atom stereocenters. The Balaban J connectivity index is 0.00000312. The van der Waals surface area contributed by atoms with Crippen molar-refractivity contribution in [3.8, 4) is 5.75 Å². The molecule has 1 aromatic heterocycles. The number of hydrogen-bond acceptors (Lipinski definition) is 4. The number of aliphatic imine (C=N–C) groups is 1. The van der Waals surface area contributed by atoms with Crippen LogP contribution in [0.3, 0.4) is 0 Å². The Morgan fingerprint density at radius 3 is 2.68 bits per heavy atom. The molecule has 0 spiro atoms. The maximum Gasteiger partial charge on any atom is 0.573 e. The molecule has 1 aromatic carbocycles. The number of benzene rings is 1. The van der Waals surface area contributed by atoms with Crippen molar-refractivity contribution >= 4 is 47.0 Å². The molecule has 0 radical (unpaired) electrons. The van der Waals surface area contributed by atoms with Gasteiger partial charge in [-0.05, 0) is 19.1 Å². The van der Waals surface area contributed by atoms with Gasteiger partial charge < -0.3 is 15.8 Å². The fraction of sp³-hybridized carbons (Fsp3) is 0.333. The summed E-state index contributed by atoms with van der Waals surface area (Å²) in [6.45, 7) is 4.29. The van der Waals surface area contributed by atoms with Crippen molar-refractivity contribution in [1.29, 1.82) is 0 Å². The van der Waals surface area contributed by atoms with Crippen LogP contribution in [0.25, 0.3) is 0 Å². The predicted molar refractivity (Wildman–Crippen MR) is 104 cm³/mol. The monoisotopic (exact) mass is 486 g/mol. The van der Waals surface area contributed by atoms with E-state index in [0.717, 1.165) is 9.88 Å². The number of thiazole rings is 1. The van der Waals surface area contributed by atoms with Gasteiger partial charge in [0.05, 0.1) is 17.2 Å². The summed E-state index contributed by atoms with van der Waals surface area (Å²) in [5, 5.41) is 3.57. The maximum absolute atomic E-state index is 12.4. The third-order valence-electron chi connectivity index (χ3n) is 2.97. The lowest BCUT2D eigenvalue weighted by Crippen LogP contribution is -2.25. The van der Waals surface area contributed by atoms with Crippen molar-refractivity contribution in [1.82, 2.24) is 4.98 Å². The number of alkyl halides is 3. The third kappa shape index (κ3) is 7.06. The molecule has 0 bridgehead atoms. The number of nitrogens with one attached hydrogen (secondary N) is 1. The first-order valence-electron chi connectivity index (χ1n) is 7.08.